The average Bonchev–Trinajstić information content (AvgIpc) is 2.72. The number of hydrogen-bond donors (Lipinski definition) is 1. The fourth-order valence-corrected chi connectivity index (χ4v) is 2.46. The van der Waals surface area contributed by atoms with Crippen molar-refractivity contribution < 1.29 is 23.8 Å². The summed E-state index contributed by atoms with van der Waals surface area (Å²) in [5.41, 5.74) is 1.89. The lowest BCUT2D eigenvalue weighted by molar-refractivity contribution is -0.149. The summed E-state index contributed by atoms with van der Waals surface area (Å²) in [4.78, 5) is 23.7. The Balaban J connectivity index is 1.71. The molecule has 6 heteroatoms. The quantitative estimate of drug-likeness (QED) is 0.622. The first-order valence-corrected chi connectivity index (χ1v) is 9.42. The van der Waals surface area contributed by atoms with E-state index >= 15 is 0 Å². The number of esters is 1. The summed E-state index contributed by atoms with van der Waals surface area (Å²) in [6.45, 7) is 6.13. The van der Waals surface area contributed by atoms with Gasteiger partial charge in [0.1, 0.15) is 11.5 Å². The molecule has 1 N–H and O–H groups in total. The molecule has 0 heterocycles. The van der Waals surface area contributed by atoms with E-state index in [0.29, 0.717) is 24.0 Å². The number of nitrogens with one attached hydrogen (secondary N) is 1. The highest BCUT2D eigenvalue weighted by Gasteiger charge is 2.10. The van der Waals surface area contributed by atoms with Crippen LogP contribution in [-0.2, 0) is 14.3 Å². The molecule has 0 spiro atoms. The van der Waals surface area contributed by atoms with Crippen molar-refractivity contribution in [3.05, 3.63) is 54.1 Å². The van der Waals surface area contributed by atoms with Gasteiger partial charge in [-0.1, -0.05) is 26.0 Å². The van der Waals surface area contributed by atoms with Crippen molar-refractivity contribution in [1.82, 2.24) is 0 Å². The highest BCUT2D eigenvalue weighted by Crippen LogP contribution is 2.20. The molecule has 0 aliphatic heterocycles. The Morgan fingerprint density at radius 3 is 2.07 bits per heavy atom. The molecular weight excluding hydrogens is 358 g/mol. The van der Waals surface area contributed by atoms with Crippen molar-refractivity contribution in [1.29, 1.82) is 0 Å². The minimum atomic E-state index is -0.615. The SMILES string of the molecule is CCOc1ccc(OCC(=O)OCC(=O)Nc2ccc([C@H](C)CC)cc2)cc1. The van der Waals surface area contributed by atoms with Gasteiger partial charge in [-0.25, -0.2) is 4.79 Å². The van der Waals surface area contributed by atoms with E-state index in [1.807, 2.05) is 31.2 Å². The molecule has 1 atom stereocenters. The van der Waals surface area contributed by atoms with Gasteiger partial charge >= 0.3 is 5.97 Å². The van der Waals surface area contributed by atoms with E-state index in [0.717, 1.165) is 12.2 Å². The number of carbonyl (C=O) groups excluding carboxylic acids is 2. The van der Waals surface area contributed by atoms with Crippen LogP contribution in [0, 0.1) is 0 Å². The minimum absolute atomic E-state index is 0.273. The molecule has 28 heavy (non-hydrogen) atoms. The van der Waals surface area contributed by atoms with Crippen LogP contribution in [0.4, 0.5) is 5.69 Å². The first-order valence-electron chi connectivity index (χ1n) is 9.42. The lowest BCUT2D eigenvalue weighted by atomic mass is 9.99. The van der Waals surface area contributed by atoms with E-state index in [1.54, 1.807) is 24.3 Å². The van der Waals surface area contributed by atoms with Gasteiger partial charge in [-0.3, -0.25) is 4.79 Å². The summed E-state index contributed by atoms with van der Waals surface area (Å²) < 4.78 is 15.6. The van der Waals surface area contributed by atoms with Gasteiger partial charge in [0.2, 0.25) is 0 Å². The molecule has 0 aromatic heterocycles. The van der Waals surface area contributed by atoms with E-state index in [2.05, 4.69) is 19.2 Å². The van der Waals surface area contributed by atoms with Crippen molar-refractivity contribution in [2.75, 3.05) is 25.1 Å². The van der Waals surface area contributed by atoms with Crippen molar-refractivity contribution in [2.24, 2.45) is 0 Å². The van der Waals surface area contributed by atoms with Crippen LogP contribution >= 0.6 is 0 Å². The zero-order valence-electron chi connectivity index (χ0n) is 16.6. The van der Waals surface area contributed by atoms with Gasteiger partial charge in [-0.2, -0.15) is 0 Å². The maximum atomic E-state index is 11.9. The molecule has 2 rings (SSSR count). The Labute approximate surface area is 165 Å². The molecule has 0 saturated carbocycles. The smallest absolute Gasteiger partial charge is 0.344 e. The van der Waals surface area contributed by atoms with Crippen LogP contribution in [-0.4, -0.2) is 31.7 Å². The lowest BCUT2D eigenvalue weighted by Crippen LogP contribution is -2.23. The number of hydrogen-bond acceptors (Lipinski definition) is 5. The predicted octanol–water partition coefficient (Wildman–Crippen LogP) is 4.16. The van der Waals surface area contributed by atoms with Crippen LogP contribution in [0.1, 0.15) is 38.7 Å². The van der Waals surface area contributed by atoms with E-state index in [-0.39, 0.29) is 13.2 Å². The van der Waals surface area contributed by atoms with Crippen LogP contribution < -0.4 is 14.8 Å². The normalized spacial score (nSPS) is 11.4. The molecule has 6 nitrogen and oxygen atoms in total. The Hall–Kier alpha value is -3.02. The average molecular weight is 385 g/mol. The summed E-state index contributed by atoms with van der Waals surface area (Å²) >= 11 is 0. The van der Waals surface area contributed by atoms with E-state index in [9.17, 15) is 9.59 Å². The second-order valence-electron chi connectivity index (χ2n) is 6.33. The Bertz CT molecular complexity index is 756. The van der Waals surface area contributed by atoms with Gasteiger partial charge in [0.15, 0.2) is 13.2 Å². The summed E-state index contributed by atoms with van der Waals surface area (Å²) in [5, 5.41) is 2.70. The van der Waals surface area contributed by atoms with Gasteiger partial charge in [0.25, 0.3) is 5.91 Å². The summed E-state index contributed by atoms with van der Waals surface area (Å²) in [7, 11) is 0. The van der Waals surface area contributed by atoms with E-state index in [1.165, 1.54) is 5.56 Å². The zero-order chi connectivity index (χ0) is 20.4. The molecular formula is C22H27NO5. The minimum Gasteiger partial charge on any atom is -0.494 e. The largest absolute Gasteiger partial charge is 0.494 e. The van der Waals surface area contributed by atoms with Crippen molar-refractivity contribution in [3.8, 4) is 11.5 Å². The first kappa shape index (κ1) is 21.3. The second-order valence-corrected chi connectivity index (χ2v) is 6.33. The molecule has 0 unspecified atom stereocenters. The van der Waals surface area contributed by atoms with E-state index < -0.39 is 11.9 Å². The number of rotatable bonds is 10. The molecule has 0 aliphatic carbocycles. The van der Waals surface area contributed by atoms with Gasteiger partial charge in [0, 0.05) is 5.69 Å². The molecule has 0 radical (unpaired) electrons. The predicted molar refractivity (Wildman–Crippen MR) is 108 cm³/mol. The fraction of sp³-hybridized carbons (Fsp3) is 0.364. The molecule has 1 amide bonds. The van der Waals surface area contributed by atoms with Crippen LogP contribution in [0.5, 0.6) is 11.5 Å². The second kappa shape index (κ2) is 11.0. The van der Waals surface area contributed by atoms with Crippen molar-refractivity contribution >= 4 is 17.6 Å². The molecule has 2 aromatic carbocycles. The summed E-state index contributed by atoms with van der Waals surface area (Å²) in [5.74, 6) is 0.709. The Morgan fingerprint density at radius 2 is 1.50 bits per heavy atom. The molecule has 2 aromatic rings. The monoisotopic (exact) mass is 385 g/mol. The van der Waals surface area contributed by atoms with Crippen LogP contribution in [0.2, 0.25) is 0 Å². The zero-order valence-corrected chi connectivity index (χ0v) is 16.6. The maximum absolute atomic E-state index is 11.9. The number of amides is 1. The van der Waals surface area contributed by atoms with Crippen LogP contribution in [0.3, 0.4) is 0 Å². The highest BCUT2D eigenvalue weighted by atomic mass is 16.6. The first-order chi connectivity index (χ1) is 13.5. The van der Waals surface area contributed by atoms with E-state index in [4.69, 9.17) is 14.2 Å². The number of carbonyl (C=O) groups is 2. The summed E-state index contributed by atoms with van der Waals surface area (Å²) in [6.07, 6.45) is 1.06. The summed E-state index contributed by atoms with van der Waals surface area (Å²) in [6, 6.07) is 14.6. The molecule has 0 fully saturated rings. The fourth-order valence-electron chi connectivity index (χ4n) is 2.46. The Kier molecular flexibility index (Phi) is 8.34. The molecule has 0 saturated heterocycles. The van der Waals surface area contributed by atoms with Crippen molar-refractivity contribution in [2.45, 2.75) is 33.1 Å². The third kappa shape index (κ3) is 6.95. The molecule has 150 valence electrons. The van der Waals surface area contributed by atoms with Crippen LogP contribution in [0.25, 0.3) is 0 Å². The van der Waals surface area contributed by atoms with Gasteiger partial charge in [-0.15, -0.1) is 0 Å². The number of benzene rings is 2. The third-order valence-electron chi connectivity index (χ3n) is 4.23. The lowest BCUT2D eigenvalue weighted by Gasteiger charge is -2.11. The van der Waals surface area contributed by atoms with Crippen molar-refractivity contribution in [3.63, 3.8) is 0 Å². The van der Waals surface area contributed by atoms with Crippen LogP contribution in [0.15, 0.2) is 48.5 Å². The third-order valence-corrected chi connectivity index (χ3v) is 4.23. The standard InChI is InChI=1S/C22H27NO5/c1-4-16(3)17-6-8-18(9-7-17)23-21(24)14-28-22(25)15-27-20-12-10-19(11-13-20)26-5-2/h6-13,16H,4-5,14-15H2,1-3H3,(H,23,24)/t16-/m1/s1. The molecule has 0 aliphatic rings. The number of ether oxygens (including phenoxy) is 3. The topological polar surface area (TPSA) is 73.9 Å². The maximum Gasteiger partial charge on any atom is 0.344 e. The number of anilines is 1. The Morgan fingerprint density at radius 1 is 0.893 bits per heavy atom. The van der Waals surface area contributed by atoms with Gasteiger partial charge < -0.3 is 19.5 Å². The molecule has 0 bridgehead atoms. The van der Waals surface area contributed by atoms with Gasteiger partial charge in [0.05, 0.1) is 6.61 Å². The highest BCUT2D eigenvalue weighted by molar-refractivity contribution is 5.92. The van der Waals surface area contributed by atoms with Gasteiger partial charge in [-0.05, 0) is 61.2 Å².